The summed E-state index contributed by atoms with van der Waals surface area (Å²) in [5.41, 5.74) is 0. The second-order valence-electron chi connectivity index (χ2n) is 3.57. The number of benzene rings is 1. The van der Waals surface area contributed by atoms with E-state index in [0.717, 1.165) is 0 Å². The van der Waals surface area contributed by atoms with Gasteiger partial charge in [0.1, 0.15) is 12.4 Å². The predicted octanol–water partition coefficient (Wildman–Crippen LogP) is 1.40. The largest absolute Gasteiger partial charge is 0.460 e. The molecule has 1 aromatic carbocycles. The molecule has 0 radical (unpaired) electrons. The van der Waals surface area contributed by atoms with Crippen LogP contribution < -0.4 is 4.74 Å². The monoisotopic (exact) mass is 196 g/mol. The number of rotatable bonds is 4. The van der Waals surface area contributed by atoms with Crippen molar-refractivity contribution in [1.82, 2.24) is 0 Å². The van der Waals surface area contributed by atoms with Crippen molar-refractivity contribution in [3.05, 3.63) is 30.3 Å². The highest BCUT2D eigenvalue weighted by Gasteiger charge is 2.32. The highest BCUT2D eigenvalue weighted by Crippen LogP contribution is 2.22. The maximum atomic E-state index is 9.88. The summed E-state index contributed by atoms with van der Waals surface area (Å²) in [5, 5.41) is 18.9. The lowest BCUT2D eigenvalue weighted by Crippen LogP contribution is -2.45. The van der Waals surface area contributed by atoms with E-state index in [2.05, 4.69) is 0 Å². The summed E-state index contributed by atoms with van der Waals surface area (Å²) in [4.78, 5) is 0. The topological polar surface area (TPSA) is 49.7 Å². The van der Waals surface area contributed by atoms with Crippen LogP contribution in [0.25, 0.3) is 0 Å². The third-order valence-electron chi connectivity index (χ3n) is 2.17. The molecule has 0 bridgehead atoms. The molecular weight excluding hydrogens is 180 g/mol. The zero-order valence-electron chi connectivity index (χ0n) is 8.47. The van der Waals surface area contributed by atoms with Crippen LogP contribution in [0.1, 0.15) is 13.8 Å². The van der Waals surface area contributed by atoms with Crippen molar-refractivity contribution >= 4 is 0 Å². The summed E-state index contributed by atoms with van der Waals surface area (Å²) >= 11 is 0. The minimum absolute atomic E-state index is 0.173. The zero-order chi connectivity index (χ0) is 10.6. The minimum atomic E-state index is -1.50. The maximum absolute atomic E-state index is 9.88. The van der Waals surface area contributed by atoms with E-state index in [1.807, 2.05) is 18.2 Å². The van der Waals surface area contributed by atoms with Crippen molar-refractivity contribution < 1.29 is 14.9 Å². The molecule has 0 aliphatic rings. The van der Waals surface area contributed by atoms with E-state index in [4.69, 9.17) is 9.84 Å². The molecule has 1 atom stereocenters. The van der Waals surface area contributed by atoms with Crippen molar-refractivity contribution in [2.24, 2.45) is 5.92 Å². The summed E-state index contributed by atoms with van der Waals surface area (Å²) in [6, 6.07) is 8.97. The van der Waals surface area contributed by atoms with Crippen LogP contribution in [0.5, 0.6) is 5.75 Å². The molecule has 2 N–H and O–H groups in total. The van der Waals surface area contributed by atoms with Crippen molar-refractivity contribution in [2.45, 2.75) is 19.6 Å². The molecule has 0 aliphatic carbocycles. The van der Waals surface area contributed by atoms with Crippen molar-refractivity contribution in [1.29, 1.82) is 0 Å². The van der Waals surface area contributed by atoms with Crippen LogP contribution in [0.15, 0.2) is 30.3 Å². The van der Waals surface area contributed by atoms with E-state index in [9.17, 15) is 5.11 Å². The van der Waals surface area contributed by atoms with Gasteiger partial charge in [0.15, 0.2) is 0 Å². The Morgan fingerprint density at radius 1 is 1.29 bits per heavy atom. The number of hydrogen-bond acceptors (Lipinski definition) is 3. The molecule has 1 unspecified atom stereocenters. The summed E-state index contributed by atoms with van der Waals surface area (Å²) in [5.74, 6) is -1.12. The first kappa shape index (κ1) is 11.0. The van der Waals surface area contributed by atoms with E-state index < -0.39 is 12.4 Å². The van der Waals surface area contributed by atoms with Crippen molar-refractivity contribution in [2.75, 3.05) is 6.61 Å². The van der Waals surface area contributed by atoms with Crippen LogP contribution in [-0.2, 0) is 0 Å². The summed E-state index contributed by atoms with van der Waals surface area (Å²) in [6.45, 7) is 3.16. The third-order valence-corrected chi connectivity index (χ3v) is 2.17. The summed E-state index contributed by atoms with van der Waals surface area (Å²) in [7, 11) is 0. The van der Waals surface area contributed by atoms with Crippen LogP contribution in [0.2, 0.25) is 0 Å². The molecule has 1 rings (SSSR count). The number of para-hydroxylation sites is 1. The number of ether oxygens (including phenoxy) is 1. The molecule has 78 valence electrons. The number of aliphatic hydroxyl groups excluding tert-OH is 1. The molecular formula is C11H16O3. The fourth-order valence-electron chi connectivity index (χ4n) is 1.03. The highest BCUT2D eigenvalue weighted by molar-refractivity contribution is 5.21. The second kappa shape index (κ2) is 4.44. The van der Waals surface area contributed by atoms with Gasteiger partial charge in [0.2, 0.25) is 5.79 Å². The average molecular weight is 196 g/mol. The van der Waals surface area contributed by atoms with Crippen molar-refractivity contribution in [3.63, 3.8) is 0 Å². The van der Waals surface area contributed by atoms with Gasteiger partial charge in [0, 0.05) is 5.92 Å². The predicted molar refractivity (Wildman–Crippen MR) is 53.9 cm³/mol. The molecule has 0 aromatic heterocycles. The average Bonchev–Trinajstić information content (AvgIpc) is 2.19. The Hall–Kier alpha value is -1.06. The lowest BCUT2D eigenvalue weighted by Gasteiger charge is -2.30. The molecule has 0 fully saturated rings. The first-order chi connectivity index (χ1) is 6.58. The van der Waals surface area contributed by atoms with Crippen LogP contribution in [0, 0.1) is 5.92 Å². The summed E-state index contributed by atoms with van der Waals surface area (Å²) in [6.07, 6.45) is 0. The molecule has 0 saturated heterocycles. The number of hydrogen-bond donors (Lipinski definition) is 2. The Labute approximate surface area is 84.0 Å². The Morgan fingerprint density at radius 3 is 2.29 bits per heavy atom. The molecule has 1 aromatic rings. The highest BCUT2D eigenvalue weighted by atomic mass is 16.6. The Balaban J connectivity index is 2.76. The van der Waals surface area contributed by atoms with Gasteiger partial charge < -0.3 is 14.9 Å². The zero-order valence-corrected chi connectivity index (χ0v) is 8.47. The Kier molecular flexibility index (Phi) is 3.49. The fourth-order valence-corrected chi connectivity index (χ4v) is 1.03. The van der Waals surface area contributed by atoms with Gasteiger partial charge in [-0.05, 0) is 12.1 Å². The third kappa shape index (κ3) is 2.47. The van der Waals surface area contributed by atoms with Gasteiger partial charge in [-0.2, -0.15) is 0 Å². The molecule has 0 heterocycles. The first-order valence-corrected chi connectivity index (χ1v) is 4.66. The van der Waals surface area contributed by atoms with Gasteiger partial charge in [-0.25, -0.2) is 0 Å². The van der Waals surface area contributed by atoms with E-state index in [0.29, 0.717) is 5.75 Å². The standard InChI is InChI=1S/C11H16O3/c1-9(2)11(13,8-12)14-10-6-4-3-5-7-10/h3-7,9,12-13H,8H2,1-2H3. The molecule has 0 saturated carbocycles. The lowest BCUT2D eigenvalue weighted by molar-refractivity contribution is -0.194. The summed E-state index contributed by atoms with van der Waals surface area (Å²) < 4.78 is 5.32. The lowest BCUT2D eigenvalue weighted by atomic mass is 10.0. The minimum Gasteiger partial charge on any atom is -0.460 e. The molecule has 3 nitrogen and oxygen atoms in total. The molecule has 0 amide bonds. The van der Waals surface area contributed by atoms with Crippen LogP contribution in [0.3, 0.4) is 0 Å². The Bertz CT molecular complexity index is 271. The normalized spacial score (nSPS) is 15.2. The van der Waals surface area contributed by atoms with Gasteiger partial charge in [-0.3, -0.25) is 0 Å². The smallest absolute Gasteiger partial charge is 0.233 e. The van der Waals surface area contributed by atoms with Crippen molar-refractivity contribution in [3.8, 4) is 5.75 Å². The quantitative estimate of drug-likeness (QED) is 0.716. The van der Waals surface area contributed by atoms with Gasteiger partial charge in [-0.15, -0.1) is 0 Å². The van der Waals surface area contributed by atoms with Crippen LogP contribution in [0.4, 0.5) is 0 Å². The maximum Gasteiger partial charge on any atom is 0.233 e. The Morgan fingerprint density at radius 2 is 1.86 bits per heavy atom. The second-order valence-corrected chi connectivity index (χ2v) is 3.57. The van der Waals surface area contributed by atoms with E-state index in [1.54, 1.807) is 26.0 Å². The SMILES string of the molecule is CC(C)C(O)(CO)Oc1ccccc1. The molecule has 0 spiro atoms. The van der Waals surface area contributed by atoms with E-state index in [1.165, 1.54) is 0 Å². The van der Waals surface area contributed by atoms with E-state index in [-0.39, 0.29) is 5.92 Å². The van der Waals surface area contributed by atoms with Crippen LogP contribution >= 0.6 is 0 Å². The van der Waals surface area contributed by atoms with E-state index >= 15 is 0 Å². The van der Waals surface area contributed by atoms with Gasteiger partial charge >= 0.3 is 0 Å². The molecule has 0 aliphatic heterocycles. The molecule has 14 heavy (non-hydrogen) atoms. The fraction of sp³-hybridized carbons (Fsp3) is 0.455. The molecule has 3 heteroatoms. The number of aliphatic hydroxyl groups is 2. The van der Waals surface area contributed by atoms with Gasteiger partial charge in [-0.1, -0.05) is 32.0 Å². The van der Waals surface area contributed by atoms with Gasteiger partial charge in [0.05, 0.1) is 0 Å². The first-order valence-electron chi connectivity index (χ1n) is 4.66. The van der Waals surface area contributed by atoms with Crippen LogP contribution in [-0.4, -0.2) is 22.6 Å². The van der Waals surface area contributed by atoms with Gasteiger partial charge in [0.25, 0.3) is 0 Å².